The first-order chi connectivity index (χ1) is 9.74. The predicted octanol–water partition coefficient (Wildman–Crippen LogP) is 3.72. The van der Waals surface area contributed by atoms with Gasteiger partial charge in [-0.3, -0.25) is 11.3 Å². The lowest BCUT2D eigenvalue weighted by Gasteiger charge is -2.57. The summed E-state index contributed by atoms with van der Waals surface area (Å²) in [6, 6.07) is 0.623. The molecule has 5 aliphatic rings. The molecule has 3 N–H and O–H groups in total. The average molecular weight is 276 g/mol. The summed E-state index contributed by atoms with van der Waals surface area (Å²) in [5.74, 6) is 13.0. The van der Waals surface area contributed by atoms with Gasteiger partial charge in [-0.15, -0.1) is 0 Å². The van der Waals surface area contributed by atoms with E-state index in [2.05, 4.69) is 12.3 Å². The van der Waals surface area contributed by atoms with Crippen LogP contribution in [0.1, 0.15) is 64.7 Å². The monoisotopic (exact) mass is 276 g/mol. The van der Waals surface area contributed by atoms with Gasteiger partial charge in [0.25, 0.3) is 0 Å². The van der Waals surface area contributed by atoms with E-state index >= 15 is 0 Å². The minimum Gasteiger partial charge on any atom is -0.271 e. The topological polar surface area (TPSA) is 38.0 Å². The lowest BCUT2D eigenvalue weighted by atomic mass is 9.49. The Morgan fingerprint density at radius 1 is 0.850 bits per heavy atom. The largest absolute Gasteiger partial charge is 0.271 e. The Labute approximate surface area is 124 Å². The zero-order valence-electron chi connectivity index (χ0n) is 13.1. The van der Waals surface area contributed by atoms with Crippen molar-refractivity contribution in [3.05, 3.63) is 0 Å². The van der Waals surface area contributed by atoms with Crippen LogP contribution in [-0.4, -0.2) is 6.04 Å². The fraction of sp³-hybridized carbons (Fsp3) is 1.00. The quantitative estimate of drug-likeness (QED) is 0.609. The number of hydrogen-bond acceptors (Lipinski definition) is 2. The third-order valence-electron chi connectivity index (χ3n) is 7.48. The van der Waals surface area contributed by atoms with Crippen LogP contribution in [0.5, 0.6) is 0 Å². The third-order valence-corrected chi connectivity index (χ3v) is 7.48. The number of hydrogen-bond donors (Lipinski definition) is 2. The molecule has 0 aromatic heterocycles. The normalized spacial score (nSPS) is 52.2. The fourth-order valence-electron chi connectivity index (χ4n) is 6.76. The molecule has 0 spiro atoms. The molecule has 0 heterocycles. The van der Waals surface area contributed by atoms with E-state index in [9.17, 15) is 0 Å². The van der Waals surface area contributed by atoms with Crippen LogP contribution in [0.4, 0.5) is 0 Å². The Morgan fingerprint density at radius 2 is 1.40 bits per heavy atom. The van der Waals surface area contributed by atoms with Gasteiger partial charge < -0.3 is 0 Å². The minimum atomic E-state index is 0.623. The van der Waals surface area contributed by atoms with Crippen LogP contribution < -0.4 is 11.3 Å². The van der Waals surface area contributed by atoms with Gasteiger partial charge in [0.2, 0.25) is 0 Å². The summed E-state index contributed by atoms with van der Waals surface area (Å²) in [6.45, 7) is 2.42. The maximum atomic E-state index is 6.07. The maximum Gasteiger partial charge on any atom is 0.0272 e. The lowest BCUT2D eigenvalue weighted by molar-refractivity contribution is -0.0639. The number of nitrogens with one attached hydrogen (secondary N) is 1. The zero-order valence-corrected chi connectivity index (χ0v) is 13.1. The van der Waals surface area contributed by atoms with Gasteiger partial charge >= 0.3 is 0 Å². The van der Waals surface area contributed by atoms with E-state index in [1.54, 1.807) is 6.42 Å². The highest BCUT2D eigenvalue weighted by atomic mass is 15.2. The highest BCUT2D eigenvalue weighted by Crippen LogP contribution is 2.58. The second-order valence-electron chi connectivity index (χ2n) is 8.72. The molecule has 1 unspecified atom stereocenters. The molecule has 0 aromatic rings. The van der Waals surface area contributed by atoms with E-state index in [0.717, 1.165) is 41.4 Å². The molecule has 2 nitrogen and oxygen atoms in total. The van der Waals surface area contributed by atoms with Crippen molar-refractivity contribution >= 4 is 0 Å². The summed E-state index contributed by atoms with van der Waals surface area (Å²) >= 11 is 0. The van der Waals surface area contributed by atoms with Crippen LogP contribution in [0.25, 0.3) is 0 Å². The molecule has 20 heavy (non-hydrogen) atoms. The van der Waals surface area contributed by atoms with Crippen molar-refractivity contribution < 1.29 is 0 Å². The van der Waals surface area contributed by atoms with Crippen molar-refractivity contribution in [2.45, 2.75) is 70.8 Å². The standard InChI is InChI=1S/C18H32N2/c1-11-2-4-14(5-3-11)18(20-19)17-15-7-12-6-13(9-15)10-16(17)8-12/h11-18,20H,2-10,19H2,1H3. The van der Waals surface area contributed by atoms with Gasteiger partial charge in [0.05, 0.1) is 0 Å². The van der Waals surface area contributed by atoms with Crippen molar-refractivity contribution in [2.24, 2.45) is 47.3 Å². The smallest absolute Gasteiger partial charge is 0.0272 e. The van der Waals surface area contributed by atoms with E-state index in [-0.39, 0.29) is 0 Å². The molecule has 5 rings (SSSR count). The van der Waals surface area contributed by atoms with Crippen LogP contribution in [0, 0.1) is 41.4 Å². The predicted molar refractivity (Wildman–Crippen MR) is 82.8 cm³/mol. The van der Waals surface area contributed by atoms with E-state index in [4.69, 9.17) is 5.84 Å². The number of nitrogens with two attached hydrogens (primary N) is 1. The van der Waals surface area contributed by atoms with Crippen molar-refractivity contribution in [3.63, 3.8) is 0 Å². The van der Waals surface area contributed by atoms with Crippen LogP contribution in [0.2, 0.25) is 0 Å². The Morgan fingerprint density at radius 3 is 1.90 bits per heavy atom. The zero-order chi connectivity index (χ0) is 13.7. The molecule has 1 atom stereocenters. The molecule has 0 amide bonds. The third kappa shape index (κ3) is 2.23. The van der Waals surface area contributed by atoms with E-state index < -0.39 is 0 Å². The first-order valence-electron chi connectivity index (χ1n) is 9.20. The van der Waals surface area contributed by atoms with Gasteiger partial charge in [-0.2, -0.15) is 0 Å². The second kappa shape index (κ2) is 5.28. The van der Waals surface area contributed by atoms with Crippen LogP contribution in [0.3, 0.4) is 0 Å². The molecule has 0 radical (unpaired) electrons. The average Bonchev–Trinajstić information content (AvgIpc) is 2.43. The molecule has 2 heteroatoms. The van der Waals surface area contributed by atoms with Crippen LogP contribution in [-0.2, 0) is 0 Å². The molecule has 5 aliphatic carbocycles. The van der Waals surface area contributed by atoms with Gasteiger partial charge in [-0.1, -0.05) is 19.8 Å². The van der Waals surface area contributed by atoms with E-state index in [1.165, 1.54) is 51.4 Å². The molecule has 0 saturated heterocycles. The first kappa shape index (κ1) is 13.6. The summed E-state index contributed by atoms with van der Waals surface area (Å²) in [4.78, 5) is 0. The Bertz CT molecular complexity index is 317. The molecule has 5 fully saturated rings. The molecule has 4 bridgehead atoms. The molecule has 5 saturated carbocycles. The van der Waals surface area contributed by atoms with Gasteiger partial charge in [-0.25, -0.2) is 0 Å². The van der Waals surface area contributed by atoms with Crippen LogP contribution in [0.15, 0.2) is 0 Å². The van der Waals surface area contributed by atoms with Gasteiger partial charge in [0.1, 0.15) is 0 Å². The highest BCUT2D eigenvalue weighted by Gasteiger charge is 2.51. The number of hydrazine groups is 1. The van der Waals surface area contributed by atoms with Gasteiger partial charge in [0, 0.05) is 6.04 Å². The summed E-state index contributed by atoms with van der Waals surface area (Å²) in [7, 11) is 0. The van der Waals surface area contributed by atoms with Gasteiger partial charge in [0.15, 0.2) is 0 Å². The Hall–Kier alpha value is -0.0800. The molecule has 114 valence electrons. The summed E-state index contributed by atoms with van der Waals surface area (Å²) in [5, 5.41) is 0. The van der Waals surface area contributed by atoms with Gasteiger partial charge in [-0.05, 0) is 86.4 Å². The van der Waals surface area contributed by atoms with E-state index in [1.807, 2.05) is 0 Å². The molecular weight excluding hydrogens is 244 g/mol. The Balaban J connectivity index is 1.50. The van der Waals surface area contributed by atoms with Crippen molar-refractivity contribution in [3.8, 4) is 0 Å². The van der Waals surface area contributed by atoms with Crippen molar-refractivity contribution in [1.29, 1.82) is 0 Å². The molecular formula is C18H32N2. The summed E-state index contributed by atoms with van der Waals surface area (Å²) in [6.07, 6.45) is 13.3. The highest BCUT2D eigenvalue weighted by molar-refractivity contribution is 5.02. The Kier molecular flexibility index (Phi) is 3.58. The number of rotatable bonds is 3. The van der Waals surface area contributed by atoms with Crippen molar-refractivity contribution in [1.82, 2.24) is 5.43 Å². The van der Waals surface area contributed by atoms with Crippen LogP contribution >= 0.6 is 0 Å². The molecule has 0 aliphatic heterocycles. The lowest BCUT2D eigenvalue weighted by Crippen LogP contribution is -2.57. The fourth-order valence-corrected chi connectivity index (χ4v) is 6.76. The summed E-state index contributed by atoms with van der Waals surface area (Å²) < 4.78 is 0. The van der Waals surface area contributed by atoms with E-state index in [0.29, 0.717) is 6.04 Å². The first-order valence-corrected chi connectivity index (χ1v) is 9.20. The maximum absolute atomic E-state index is 6.07. The molecule has 0 aromatic carbocycles. The van der Waals surface area contributed by atoms with Crippen molar-refractivity contribution in [2.75, 3.05) is 0 Å². The minimum absolute atomic E-state index is 0.623. The summed E-state index contributed by atoms with van der Waals surface area (Å²) in [5.41, 5.74) is 3.31. The second-order valence-corrected chi connectivity index (χ2v) is 8.72. The SMILES string of the molecule is CC1CCC(C(NN)C2C3CC4CC(C3)CC2C4)CC1.